The van der Waals surface area contributed by atoms with Gasteiger partial charge in [-0.3, -0.25) is 0 Å². The Morgan fingerprint density at radius 1 is 0.667 bits per heavy atom. The normalized spacial score (nSPS) is 21.6. The molecule has 4 aromatic carbocycles. The molecule has 270 valence electrons. The van der Waals surface area contributed by atoms with Crippen molar-refractivity contribution >= 4 is 43.8 Å². The molecule has 0 heterocycles. The number of fused-ring (bicyclic) bond motifs is 2. The van der Waals surface area contributed by atoms with Crippen molar-refractivity contribution in [3.63, 3.8) is 0 Å². The Bertz CT molecular complexity index is 2030. The first-order valence-electron chi connectivity index (χ1n) is 19.1. The van der Waals surface area contributed by atoms with E-state index in [0.717, 1.165) is 5.92 Å². The zero-order valence-corrected chi connectivity index (χ0v) is 38.0. The van der Waals surface area contributed by atoms with Crippen molar-refractivity contribution in [2.24, 2.45) is 11.8 Å². The fraction of sp³-hybridized carbons (Fsp3) is 0.404. The van der Waals surface area contributed by atoms with Crippen LogP contribution in [0.2, 0.25) is 9.26 Å². The molecule has 4 heteroatoms. The monoisotopic (exact) mass is 812 g/mol. The van der Waals surface area contributed by atoms with Crippen molar-refractivity contribution in [1.29, 1.82) is 0 Å². The van der Waals surface area contributed by atoms with E-state index in [1.54, 1.807) is 22.3 Å². The molecule has 2 atom stereocenters. The molecule has 0 nitrogen and oxygen atoms in total. The molecule has 0 N–H and O–H groups in total. The Morgan fingerprint density at radius 2 is 1.16 bits per heavy atom. The van der Waals surface area contributed by atoms with E-state index in [1.165, 1.54) is 70.2 Å². The molecule has 51 heavy (non-hydrogen) atoms. The van der Waals surface area contributed by atoms with Gasteiger partial charge in [-0.05, 0) is 0 Å². The van der Waals surface area contributed by atoms with Crippen LogP contribution in [0.5, 0.6) is 0 Å². The average molecular weight is 815 g/mol. The minimum absolute atomic E-state index is 0. The number of benzene rings is 4. The third-order valence-corrected chi connectivity index (χ3v) is 30.3. The molecule has 0 aromatic heterocycles. The summed E-state index contributed by atoms with van der Waals surface area (Å²) in [5, 5.41) is 0. The second-order valence-corrected chi connectivity index (χ2v) is 49.0. The zero-order valence-electron chi connectivity index (χ0n) is 32.5. The second-order valence-electron chi connectivity index (χ2n) is 18.5. The summed E-state index contributed by atoms with van der Waals surface area (Å²) in [6.45, 7) is 18.9. The third-order valence-electron chi connectivity index (χ3n) is 12.7. The van der Waals surface area contributed by atoms with E-state index in [-0.39, 0.29) is 30.2 Å². The number of hydrogen-bond acceptors (Lipinski definition) is 0. The van der Waals surface area contributed by atoms with Crippen LogP contribution in [0.15, 0.2) is 96.1 Å². The minimum atomic E-state index is -3.72. The van der Waals surface area contributed by atoms with Gasteiger partial charge >= 0.3 is 302 Å². The van der Waals surface area contributed by atoms with Crippen LogP contribution < -0.4 is 0 Å². The molecule has 4 aromatic rings. The Labute approximate surface area is 324 Å². The molecular weight excluding hydrogens is 755 g/mol. The van der Waals surface area contributed by atoms with Crippen LogP contribution in [0.3, 0.4) is 0 Å². The van der Waals surface area contributed by atoms with Crippen LogP contribution in [0.4, 0.5) is 0 Å². The SMILES string of the molecule is CC1=Cc2c(-c3ccc(C(C)C)cc3)cccc2[CH]1[Zr]([CH3])([CH3])(=[SiH2])[CH]1C(C2CCC(C)CC2)=Cc2c(-c3ccc(C(C)(C)C)cc3)cccc21.Cl.Cl. The van der Waals surface area contributed by atoms with Crippen LogP contribution in [0, 0.1) is 11.8 Å². The Hall–Kier alpha value is -1.96. The maximum absolute atomic E-state index is 3.72. The van der Waals surface area contributed by atoms with Gasteiger partial charge in [0.2, 0.25) is 0 Å². The number of rotatable bonds is 6. The molecule has 3 aliphatic carbocycles. The summed E-state index contributed by atoms with van der Waals surface area (Å²) >= 11 is -3.72. The summed E-state index contributed by atoms with van der Waals surface area (Å²) < 4.78 is 6.73. The average Bonchev–Trinajstić information content (AvgIpc) is 3.64. The third kappa shape index (κ3) is 7.31. The number of allylic oxidation sites excluding steroid dienone is 2. The molecular formula is C47H60Cl2SiZr. The van der Waals surface area contributed by atoms with Crippen molar-refractivity contribution in [2.45, 2.75) is 102 Å². The molecule has 3 aliphatic rings. The summed E-state index contributed by atoms with van der Waals surface area (Å²) in [6, 6.07) is 33.3. The summed E-state index contributed by atoms with van der Waals surface area (Å²) in [5.41, 5.74) is 18.1. The van der Waals surface area contributed by atoms with Crippen molar-refractivity contribution < 1.29 is 17.4 Å². The van der Waals surface area contributed by atoms with Gasteiger partial charge in [0.05, 0.1) is 0 Å². The van der Waals surface area contributed by atoms with E-state index in [1.807, 2.05) is 0 Å². The minimum Gasteiger partial charge on any atom is -0.147 e. The van der Waals surface area contributed by atoms with E-state index < -0.39 is 17.4 Å². The van der Waals surface area contributed by atoms with Crippen molar-refractivity contribution in [3.8, 4) is 22.3 Å². The van der Waals surface area contributed by atoms with E-state index in [9.17, 15) is 0 Å². The van der Waals surface area contributed by atoms with Crippen LogP contribution in [0.25, 0.3) is 34.4 Å². The maximum atomic E-state index is 2.82. The van der Waals surface area contributed by atoms with Crippen LogP contribution in [-0.2, 0) is 22.8 Å². The summed E-state index contributed by atoms with van der Waals surface area (Å²) in [4.78, 5) is 0. The predicted molar refractivity (Wildman–Crippen MR) is 230 cm³/mol. The molecule has 2 unspecified atom stereocenters. The smallest absolute Gasteiger partial charge is 0.147 e. The summed E-state index contributed by atoms with van der Waals surface area (Å²) in [5.74, 6) is 2.09. The van der Waals surface area contributed by atoms with Crippen LogP contribution in [0.1, 0.15) is 121 Å². The quantitative estimate of drug-likeness (QED) is 0.170. The second kappa shape index (κ2) is 14.7. The molecule has 0 aliphatic heterocycles. The van der Waals surface area contributed by atoms with Crippen molar-refractivity contribution in [3.05, 3.63) is 129 Å². The zero-order chi connectivity index (χ0) is 34.9. The fourth-order valence-corrected chi connectivity index (χ4v) is 30.4. The number of halogens is 2. The fourth-order valence-electron chi connectivity index (χ4n) is 10.1. The van der Waals surface area contributed by atoms with E-state index >= 15 is 0 Å². The Kier molecular flexibility index (Phi) is 11.6. The van der Waals surface area contributed by atoms with Gasteiger partial charge in [-0.2, -0.15) is 0 Å². The van der Waals surface area contributed by atoms with E-state index in [2.05, 4.69) is 162 Å². The molecule has 0 saturated heterocycles. The molecule has 1 saturated carbocycles. The largest absolute Gasteiger partial charge is 0.147 e. The van der Waals surface area contributed by atoms with Gasteiger partial charge in [0.25, 0.3) is 0 Å². The molecule has 0 spiro atoms. The standard InChI is InChI=1S/C26H31.C19H19.2CH3.2ClH.H2Si.Zr/c1-18-8-10-19(11-9-18)22-16-21-6-5-7-24(25(21)17-22)20-12-14-23(15-13-20)26(2,3)4;1-13(2)15-7-9-16(10-8-15)18-6-4-5-17-11-14(3)12-19(17)18;;;;;;/h5-7,12-19H,8-11H2,1-4H3;4-13H,1-3H3;2*1H3;2*1H;1H2;. The first-order valence-corrected chi connectivity index (χ1v) is 32.7. The molecule has 7 rings (SSSR count). The van der Waals surface area contributed by atoms with Gasteiger partial charge in [-0.25, -0.2) is 0 Å². The topological polar surface area (TPSA) is 0 Å². The summed E-state index contributed by atoms with van der Waals surface area (Å²) in [7, 11) is 0. The summed E-state index contributed by atoms with van der Waals surface area (Å²) in [6.07, 6.45) is 10.7. The predicted octanol–water partition coefficient (Wildman–Crippen LogP) is 14.0. The van der Waals surface area contributed by atoms with Gasteiger partial charge in [0, 0.05) is 0 Å². The molecule has 0 amide bonds. The van der Waals surface area contributed by atoms with Crippen LogP contribution >= 0.6 is 24.8 Å². The maximum Gasteiger partial charge on any atom is -0.147 e. The molecule has 1 fully saturated rings. The van der Waals surface area contributed by atoms with Crippen molar-refractivity contribution in [2.75, 3.05) is 0 Å². The first kappa shape index (κ1) is 40.2. The van der Waals surface area contributed by atoms with Crippen molar-refractivity contribution in [1.82, 2.24) is 0 Å². The Balaban J connectivity index is 0.00000252. The van der Waals surface area contributed by atoms with Gasteiger partial charge in [0.1, 0.15) is 0 Å². The van der Waals surface area contributed by atoms with E-state index in [0.29, 0.717) is 19.1 Å². The van der Waals surface area contributed by atoms with Crippen LogP contribution in [-0.4, -0.2) is 6.88 Å². The first-order chi connectivity index (χ1) is 23.1. The van der Waals surface area contributed by atoms with Gasteiger partial charge in [-0.15, -0.1) is 24.8 Å². The van der Waals surface area contributed by atoms with E-state index in [4.69, 9.17) is 0 Å². The molecule has 0 radical (unpaired) electrons. The molecule has 0 bridgehead atoms. The van der Waals surface area contributed by atoms with Gasteiger partial charge in [-0.1, -0.05) is 0 Å². The van der Waals surface area contributed by atoms with Gasteiger partial charge in [0.15, 0.2) is 0 Å². The Morgan fingerprint density at radius 3 is 1.67 bits per heavy atom. The van der Waals surface area contributed by atoms with Gasteiger partial charge < -0.3 is 0 Å². The number of hydrogen-bond donors (Lipinski definition) is 0.